The number of urea groups is 1. The van der Waals surface area contributed by atoms with Gasteiger partial charge in [0.1, 0.15) is 11.9 Å². The molecule has 1 aliphatic rings. The molecular weight excluding hydrogens is 330 g/mol. The zero-order chi connectivity index (χ0) is 18.5. The molecule has 1 aromatic carbocycles. The van der Waals surface area contributed by atoms with Crippen LogP contribution in [0, 0.1) is 0 Å². The number of carbonyl (C=O) groups is 1. The maximum atomic E-state index is 12.4. The number of hydrogen-bond acceptors (Lipinski definition) is 4. The van der Waals surface area contributed by atoms with Crippen molar-refractivity contribution in [2.24, 2.45) is 7.05 Å². The van der Waals surface area contributed by atoms with E-state index in [-0.39, 0.29) is 18.2 Å². The number of nitrogens with one attached hydrogen (secondary N) is 2. The molecule has 1 fully saturated rings. The fourth-order valence-corrected chi connectivity index (χ4v) is 3.06. The number of rotatable bonds is 5. The van der Waals surface area contributed by atoms with E-state index < -0.39 is 0 Å². The number of nitrogens with zero attached hydrogens (tertiary/aromatic N) is 3. The van der Waals surface area contributed by atoms with Crippen LogP contribution in [0.5, 0.6) is 5.75 Å². The molecule has 2 N–H and O–H groups in total. The molecule has 0 radical (unpaired) electrons. The number of piperidine rings is 1. The normalized spacial score (nSPS) is 16.9. The van der Waals surface area contributed by atoms with Gasteiger partial charge in [0.15, 0.2) is 0 Å². The lowest BCUT2D eigenvalue weighted by molar-refractivity contribution is 0.115. The molecule has 1 aliphatic heterocycles. The Morgan fingerprint density at radius 3 is 2.69 bits per heavy atom. The topological polar surface area (TPSA) is 71.4 Å². The molecule has 0 aliphatic carbocycles. The maximum absolute atomic E-state index is 12.4. The predicted molar refractivity (Wildman–Crippen MR) is 101 cm³/mol. The number of ether oxygens (including phenoxy) is 1. The monoisotopic (exact) mass is 357 g/mol. The number of benzene rings is 1. The molecular formula is C19H27N5O2. The Morgan fingerprint density at radius 2 is 2.00 bits per heavy atom. The lowest BCUT2D eigenvalue weighted by Crippen LogP contribution is -2.36. The standard InChI is InChI=1S/C19H27N5O2/c1-14(15-12-20-24(3)13-15)21-19(25)22-17-6-4-5-7-18(17)26-16-8-10-23(2)11-9-16/h4-7,12-14,16H,8-11H2,1-3H3,(H2,21,22,25). The summed E-state index contributed by atoms with van der Waals surface area (Å²) in [6, 6.07) is 7.18. The number of likely N-dealkylation sites (tertiary alicyclic amines) is 1. The summed E-state index contributed by atoms with van der Waals surface area (Å²) < 4.78 is 7.86. The molecule has 1 aromatic heterocycles. The summed E-state index contributed by atoms with van der Waals surface area (Å²) in [5.41, 5.74) is 1.64. The van der Waals surface area contributed by atoms with Gasteiger partial charge in [-0.1, -0.05) is 12.1 Å². The third-order valence-electron chi connectivity index (χ3n) is 4.67. The van der Waals surface area contributed by atoms with Crippen molar-refractivity contribution in [3.05, 3.63) is 42.2 Å². The zero-order valence-corrected chi connectivity index (χ0v) is 15.6. The van der Waals surface area contributed by atoms with Gasteiger partial charge in [0.2, 0.25) is 0 Å². The minimum atomic E-state index is -0.263. The second kappa shape index (κ2) is 8.23. The Kier molecular flexibility index (Phi) is 5.78. The molecule has 0 spiro atoms. The van der Waals surface area contributed by atoms with Gasteiger partial charge in [-0.2, -0.15) is 5.10 Å². The SMILES string of the molecule is CC(NC(=O)Nc1ccccc1OC1CCN(C)CC1)c1cnn(C)c1. The van der Waals surface area contributed by atoms with Crippen molar-refractivity contribution in [2.75, 3.05) is 25.5 Å². The maximum Gasteiger partial charge on any atom is 0.319 e. The van der Waals surface area contributed by atoms with Crippen LogP contribution in [-0.2, 0) is 7.05 Å². The Labute approximate surface area is 154 Å². The van der Waals surface area contributed by atoms with Crippen molar-refractivity contribution in [3.63, 3.8) is 0 Å². The number of hydrogen-bond donors (Lipinski definition) is 2. The van der Waals surface area contributed by atoms with E-state index in [1.807, 2.05) is 44.4 Å². The van der Waals surface area contributed by atoms with Gasteiger partial charge in [0.25, 0.3) is 0 Å². The van der Waals surface area contributed by atoms with Gasteiger partial charge in [0.05, 0.1) is 17.9 Å². The Bertz CT molecular complexity index is 737. The summed E-state index contributed by atoms with van der Waals surface area (Å²) in [6.45, 7) is 3.99. The predicted octanol–water partition coefficient (Wildman–Crippen LogP) is 2.78. The van der Waals surface area contributed by atoms with Crippen LogP contribution in [0.1, 0.15) is 31.4 Å². The molecule has 7 heteroatoms. The van der Waals surface area contributed by atoms with Crippen molar-refractivity contribution in [1.29, 1.82) is 0 Å². The molecule has 140 valence electrons. The summed E-state index contributed by atoms with van der Waals surface area (Å²) in [6.07, 6.45) is 5.82. The molecule has 26 heavy (non-hydrogen) atoms. The lowest BCUT2D eigenvalue weighted by Gasteiger charge is -2.29. The van der Waals surface area contributed by atoms with E-state index in [9.17, 15) is 4.79 Å². The van der Waals surface area contributed by atoms with Gasteiger partial charge in [-0.15, -0.1) is 0 Å². The third kappa shape index (κ3) is 4.76. The first-order chi connectivity index (χ1) is 12.5. The van der Waals surface area contributed by atoms with E-state index in [2.05, 4.69) is 27.7 Å². The molecule has 2 amide bonds. The van der Waals surface area contributed by atoms with E-state index in [4.69, 9.17) is 4.74 Å². The van der Waals surface area contributed by atoms with Crippen LogP contribution in [0.4, 0.5) is 10.5 Å². The Morgan fingerprint density at radius 1 is 1.27 bits per heavy atom. The van der Waals surface area contributed by atoms with Crippen LogP contribution < -0.4 is 15.4 Å². The Hall–Kier alpha value is -2.54. The number of carbonyl (C=O) groups excluding carboxylic acids is 1. The van der Waals surface area contributed by atoms with Crippen LogP contribution in [0.15, 0.2) is 36.7 Å². The van der Waals surface area contributed by atoms with Crippen LogP contribution in [-0.4, -0.2) is 47.0 Å². The van der Waals surface area contributed by atoms with Gasteiger partial charge >= 0.3 is 6.03 Å². The number of anilines is 1. The van der Waals surface area contributed by atoms with E-state index in [1.54, 1.807) is 10.9 Å². The van der Waals surface area contributed by atoms with Crippen LogP contribution >= 0.6 is 0 Å². The number of aryl methyl sites for hydroxylation is 1. The fraction of sp³-hybridized carbons (Fsp3) is 0.474. The average Bonchev–Trinajstić information content (AvgIpc) is 3.05. The quantitative estimate of drug-likeness (QED) is 0.863. The first kappa shape index (κ1) is 18.3. The van der Waals surface area contributed by atoms with Gasteiger partial charge in [0, 0.05) is 31.9 Å². The molecule has 1 atom stereocenters. The zero-order valence-electron chi connectivity index (χ0n) is 15.6. The minimum absolute atomic E-state index is 0.134. The Balaban J connectivity index is 1.59. The van der Waals surface area contributed by atoms with Gasteiger partial charge < -0.3 is 20.3 Å². The minimum Gasteiger partial charge on any atom is -0.488 e. The van der Waals surface area contributed by atoms with Gasteiger partial charge in [-0.05, 0) is 38.9 Å². The third-order valence-corrected chi connectivity index (χ3v) is 4.67. The summed E-state index contributed by atoms with van der Waals surface area (Å²) in [5, 5.41) is 9.97. The van der Waals surface area contributed by atoms with E-state index in [1.165, 1.54) is 0 Å². The van der Waals surface area contributed by atoms with Crippen molar-refractivity contribution in [2.45, 2.75) is 31.9 Å². The molecule has 2 aromatic rings. The smallest absolute Gasteiger partial charge is 0.319 e. The van der Waals surface area contributed by atoms with Crippen molar-refractivity contribution in [3.8, 4) is 5.75 Å². The molecule has 1 saturated heterocycles. The summed E-state index contributed by atoms with van der Waals surface area (Å²) in [7, 11) is 3.98. The molecule has 7 nitrogen and oxygen atoms in total. The largest absolute Gasteiger partial charge is 0.488 e. The second-order valence-corrected chi connectivity index (χ2v) is 6.88. The first-order valence-corrected chi connectivity index (χ1v) is 9.01. The molecule has 3 rings (SSSR count). The van der Waals surface area contributed by atoms with Crippen LogP contribution in [0.25, 0.3) is 0 Å². The average molecular weight is 357 g/mol. The van der Waals surface area contributed by atoms with Crippen molar-refractivity contribution in [1.82, 2.24) is 20.0 Å². The summed E-state index contributed by atoms with van der Waals surface area (Å²) >= 11 is 0. The fourth-order valence-electron chi connectivity index (χ4n) is 3.06. The molecule has 0 bridgehead atoms. The number of aromatic nitrogens is 2. The number of amides is 2. The van der Waals surface area contributed by atoms with Crippen molar-refractivity contribution >= 4 is 11.7 Å². The van der Waals surface area contributed by atoms with Crippen LogP contribution in [0.2, 0.25) is 0 Å². The lowest BCUT2D eigenvalue weighted by atomic mass is 10.1. The van der Waals surface area contributed by atoms with Gasteiger partial charge in [-0.3, -0.25) is 4.68 Å². The second-order valence-electron chi connectivity index (χ2n) is 6.88. The van der Waals surface area contributed by atoms with E-state index >= 15 is 0 Å². The molecule has 0 saturated carbocycles. The highest BCUT2D eigenvalue weighted by Crippen LogP contribution is 2.27. The highest BCUT2D eigenvalue weighted by molar-refractivity contribution is 5.91. The summed E-state index contributed by atoms with van der Waals surface area (Å²) in [4.78, 5) is 14.7. The summed E-state index contributed by atoms with van der Waals surface area (Å²) in [5.74, 6) is 0.714. The van der Waals surface area contributed by atoms with E-state index in [0.29, 0.717) is 11.4 Å². The molecule has 2 heterocycles. The first-order valence-electron chi connectivity index (χ1n) is 9.01. The highest BCUT2D eigenvalue weighted by atomic mass is 16.5. The van der Waals surface area contributed by atoms with Crippen molar-refractivity contribution < 1.29 is 9.53 Å². The van der Waals surface area contributed by atoms with Crippen LogP contribution in [0.3, 0.4) is 0 Å². The highest BCUT2D eigenvalue weighted by Gasteiger charge is 2.20. The molecule has 1 unspecified atom stereocenters. The van der Waals surface area contributed by atoms with E-state index in [0.717, 1.165) is 31.5 Å². The number of para-hydroxylation sites is 2. The van der Waals surface area contributed by atoms with Gasteiger partial charge in [-0.25, -0.2) is 4.79 Å².